The second-order valence-electron chi connectivity index (χ2n) is 4.52. The number of thioether (sulfide) groups is 1. The molecule has 20 heavy (non-hydrogen) atoms. The summed E-state index contributed by atoms with van der Waals surface area (Å²) in [4.78, 5) is 1.19. The van der Waals surface area contributed by atoms with Crippen molar-refractivity contribution in [3.8, 4) is 5.75 Å². The van der Waals surface area contributed by atoms with Crippen LogP contribution in [0.1, 0.15) is 17.2 Å². The fourth-order valence-electron chi connectivity index (χ4n) is 2.08. The van der Waals surface area contributed by atoms with E-state index in [0.29, 0.717) is 12.0 Å². The second-order valence-corrected chi connectivity index (χ2v) is 5.40. The van der Waals surface area contributed by atoms with Gasteiger partial charge >= 0.3 is 0 Å². The topological polar surface area (TPSA) is 35.2 Å². The molecule has 2 nitrogen and oxygen atoms in total. The average Bonchev–Trinajstić information content (AvgIpc) is 2.49. The van der Waals surface area contributed by atoms with Gasteiger partial charge in [-0.1, -0.05) is 24.3 Å². The summed E-state index contributed by atoms with van der Waals surface area (Å²) < 4.78 is 19.1. The van der Waals surface area contributed by atoms with Crippen LogP contribution in [0, 0.1) is 5.82 Å². The molecule has 4 heteroatoms. The molecule has 2 N–H and O–H groups in total. The van der Waals surface area contributed by atoms with Crippen molar-refractivity contribution in [2.75, 3.05) is 13.4 Å². The molecule has 0 spiro atoms. The lowest BCUT2D eigenvalue weighted by molar-refractivity contribution is 0.383. The highest BCUT2D eigenvalue weighted by Crippen LogP contribution is 2.25. The molecule has 0 aromatic heterocycles. The Bertz CT molecular complexity index is 571. The van der Waals surface area contributed by atoms with Crippen LogP contribution in [0.2, 0.25) is 0 Å². The van der Waals surface area contributed by atoms with Gasteiger partial charge in [-0.2, -0.15) is 0 Å². The van der Waals surface area contributed by atoms with E-state index in [1.807, 2.05) is 30.5 Å². The van der Waals surface area contributed by atoms with Crippen molar-refractivity contribution in [3.63, 3.8) is 0 Å². The van der Waals surface area contributed by atoms with Gasteiger partial charge in [0.05, 0.1) is 7.11 Å². The van der Waals surface area contributed by atoms with Crippen LogP contribution >= 0.6 is 11.8 Å². The van der Waals surface area contributed by atoms with E-state index < -0.39 is 0 Å². The molecule has 0 aliphatic carbocycles. The normalized spacial score (nSPS) is 12.2. The van der Waals surface area contributed by atoms with Gasteiger partial charge in [-0.3, -0.25) is 0 Å². The summed E-state index contributed by atoms with van der Waals surface area (Å²) in [6.07, 6.45) is 2.47. The molecule has 0 saturated heterocycles. The molecule has 0 radical (unpaired) electrons. The van der Waals surface area contributed by atoms with Gasteiger partial charge in [0.15, 0.2) is 11.6 Å². The van der Waals surface area contributed by atoms with Crippen molar-refractivity contribution >= 4 is 11.8 Å². The van der Waals surface area contributed by atoms with Crippen molar-refractivity contribution in [3.05, 3.63) is 59.4 Å². The summed E-state index contributed by atoms with van der Waals surface area (Å²) in [5.41, 5.74) is 7.74. The SMILES string of the molecule is COc1cccc(CC(N)c2ccc(SC)cc2)c1F. The number of methoxy groups -OCH3 is 1. The van der Waals surface area contributed by atoms with Crippen molar-refractivity contribution in [1.82, 2.24) is 0 Å². The van der Waals surface area contributed by atoms with Crippen LogP contribution in [0.25, 0.3) is 0 Å². The summed E-state index contributed by atoms with van der Waals surface area (Å²) in [6, 6.07) is 13.0. The van der Waals surface area contributed by atoms with Crippen molar-refractivity contribution in [2.24, 2.45) is 5.73 Å². The van der Waals surface area contributed by atoms with E-state index in [-0.39, 0.29) is 17.6 Å². The minimum atomic E-state index is -0.328. The average molecular weight is 291 g/mol. The highest BCUT2D eigenvalue weighted by Gasteiger charge is 2.13. The summed E-state index contributed by atoms with van der Waals surface area (Å²) in [5.74, 6) is -0.0707. The fourth-order valence-corrected chi connectivity index (χ4v) is 2.49. The van der Waals surface area contributed by atoms with Gasteiger partial charge in [-0.25, -0.2) is 4.39 Å². The smallest absolute Gasteiger partial charge is 0.168 e. The van der Waals surface area contributed by atoms with Crippen LogP contribution in [0.15, 0.2) is 47.4 Å². The molecule has 0 heterocycles. The van der Waals surface area contributed by atoms with Gasteiger partial charge < -0.3 is 10.5 Å². The molecular formula is C16H18FNOS. The first-order valence-corrected chi connectivity index (χ1v) is 7.59. The van der Waals surface area contributed by atoms with Gasteiger partial charge in [0.25, 0.3) is 0 Å². The van der Waals surface area contributed by atoms with Gasteiger partial charge in [0.1, 0.15) is 0 Å². The van der Waals surface area contributed by atoms with E-state index in [1.54, 1.807) is 30.0 Å². The van der Waals surface area contributed by atoms with Gasteiger partial charge in [0.2, 0.25) is 0 Å². The largest absolute Gasteiger partial charge is 0.494 e. The lowest BCUT2D eigenvalue weighted by Gasteiger charge is -2.14. The van der Waals surface area contributed by atoms with Crippen LogP contribution < -0.4 is 10.5 Å². The Labute approximate surface area is 123 Å². The maximum Gasteiger partial charge on any atom is 0.168 e. The van der Waals surface area contributed by atoms with E-state index in [4.69, 9.17) is 10.5 Å². The third kappa shape index (κ3) is 3.32. The van der Waals surface area contributed by atoms with Crippen LogP contribution in [-0.4, -0.2) is 13.4 Å². The van der Waals surface area contributed by atoms with Gasteiger partial charge in [0, 0.05) is 10.9 Å². The summed E-state index contributed by atoms with van der Waals surface area (Å²) in [6.45, 7) is 0. The summed E-state index contributed by atoms with van der Waals surface area (Å²) in [7, 11) is 1.46. The van der Waals surface area contributed by atoms with Crippen LogP contribution in [-0.2, 0) is 6.42 Å². The first kappa shape index (κ1) is 14.9. The molecule has 1 unspecified atom stereocenters. The molecule has 2 rings (SSSR count). The van der Waals surface area contributed by atoms with Crippen molar-refractivity contribution in [1.29, 1.82) is 0 Å². The number of nitrogens with two attached hydrogens (primary N) is 1. The lowest BCUT2D eigenvalue weighted by atomic mass is 9.99. The number of hydrogen-bond acceptors (Lipinski definition) is 3. The quantitative estimate of drug-likeness (QED) is 0.851. The molecule has 2 aromatic carbocycles. The van der Waals surface area contributed by atoms with E-state index in [2.05, 4.69) is 0 Å². The Morgan fingerprint density at radius 1 is 1.20 bits per heavy atom. The highest BCUT2D eigenvalue weighted by atomic mass is 32.2. The first-order chi connectivity index (χ1) is 9.65. The maximum atomic E-state index is 14.1. The zero-order valence-corrected chi connectivity index (χ0v) is 12.4. The van der Waals surface area contributed by atoms with Crippen molar-refractivity contribution < 1.29 is 9.13 Å². The molecule has 0 saturated carbocycles. The molecule has 2 aromatic rings. The highest BCUT2D eigenvalue weighted by molar-refractivity contribution is 7.98. The number of benzene rings is 2. The van der Waals surface area contributed by atoms with Gasteiger partial charge in [-0.05, 0) is 42.0 Å². The number of halogens is 1. The maximum absolute atomic E-state index is 14.1. The predicted molar refractivity (Wildman–Crippen MR) is 81.8 cm³/mol. The summed E-state index contributed by atoms with van der Waals surface area (Å²) >= 11 is 1.68. The number of rotatable bonds is 5. The Kier molecular flexibility index (Phi) is 5.04. The molecule has 0 bridgehead atoms. The minimum absolute atomic E-state index is 0.229. The zero-order chi connectivity index (χ0) is 14.5. The minimum Gasteiger partial charge on any atom is -0.494 e. The zero-order valence-electron chi connectivity index (χ0n) is 11.6. The first-order valence-electron chi connectivity index (χ1n) is 6.36. The van der Waals surface area contributed by atoms with Crippen molar-refractivity contribution in [2.45, 2.75) is 17.4 Å². The standard InChI is InChI=1S/C16H18FNOS/c1-19-15-5-3-4-12(16(15)17)10-14(18)11-6-8-13(20-2)9-7-11/h3-9,14H,10,18H2,1-2H3. The van der Waals surface area contributed by atoms with E-state index in [0.717, 1.165) is 5.56 Å². The number of hydrogen-bond donors (Lipinski definition) is 1. The molecule has 1 atom stereocenters. The third-order valence-electron chi connectivity index (χ3n) is 3.25. The van der Waals surface area contributed by atoms with E-state index >= 15 is 0 Å². The number of ether oxygens (including phenoxy) is 1. The van der Waals surface area contributed by atoms with Gasteiger partial charge in [-0.15, -0.1) is 11.8 Å². The predicted octanol–water partition coefficient (Wildman–Crippen LogP) is 3.80. The Morgan fingerprint density at radius 3 is 2.50 bits per heavy atom. The van der Waals surface area contributed by atoms with E-state index in [9.17, 15) is 4.39 Å². The second kappa shape index (κ2) is 6.77. The van der Waals surface area contributed by atoms with Crippen LogP contribution in [0.5, 0.6) is 5.75 Å². The van der Waals surface area contributed by atoms with Crippen LogP contribution in [0.3, 0.4) is 0 Å². The molecule has 0 amide bonds. The molecule has 0 aliphatic heterocycles. The fraction of sp³-hybridized carbons (Fsp3) is 0.250. The Balaban J connectivity index is 2.16. The Hall–Kier alpha value is -1.52. The molecule has 106 valence electrons. The third-order valence-corrected chi connectivity index (χ3v) is 3.99. The van der Waals surface area contributed by atoms with E-state index in [1.165, 1.54) is 12.0 Å². The monoisotopic (exact) mass is 291 g/mol. The lowest BCUT2D eigenvalue weighted by Crippen LogP contribution is -2.14. The Morgan fingerprint density at radius 2 is 1.90 bits per heavy atom. The molecule has 0 fully saturated rings. The summed E-state index contributed by atoms with van der Waals surface area (Å²) in [5, 5.41) is 0. The molecular weight excluding hydrogens is 273 g/mol. The van der Waals surface area contributed by atoms with Crippen LogP contribution in [0.4, 0.5) is 4.39 Å². The molecule has 0 aliphatic rings.